The SMILES string of the molecule is CCCCCCCCCCCCC(=NO)C(CCCCCCCCCCCC)=NO. The van der Waals surface area contributed by atoms with E-state index in [2.05, 4.69) is 24.2 Å². The molecule has 0 radical (unpaired) electrons. The highest BCUT2D eigenvalue weighted by Crippen LogP contribution is 2.14. The van der Waals surface area contributed by atoms with Gasteiger partial charge in [-0.15, -0.1) is 0 Å². The van der Waals surface area contributed by atoms with Gasteiger partial charge in [0.05, 0.1) is 0 Å². The molecule has 0 atom stereocenters. The second kappa shape index (κ2) is 24.2. The first-order valence-corrected chi connectivity index (χ1v) is 13.2. The minimum absolute atomic E-state index is 0.577. The van der Waals surface area contributed by atoms with Crippen LogP contribution in [0.4, 0.5) is 0 Å². The van der Waals surface area contributed by atoms with Crippen molar-refractivity contribution in [3.63, 3.8) is 0 Å². The molecule has 30 heavy (non-hydrogen) atoms. The van der Waals surface area contributed by atoms with Gasteiger partial charge in [0.1, 0.15) is 11.4 Å². The molecule has 0 aromatic rings. The molecule has 0 aliphatic heterocycles. The maximum atomic E-state index is 9.33. The van der Waals surface area contributed by atoms with Crippen LogP contribution in [0, 0.1) is 0 Å². The van der Waals surface area contributed by atoms with E-state index in [4.69, 9.17) is 0 Å². The summed E-state index contributed by atoms with van der Waals surface area (Å²) in [6, 6.07) is 0. The highest BCUT2D eigenvalue weighted by Gasteiger charge is 2.10. The van der Waals surface area contributed by atoms with Crippen molar-refractivity contribution >= 4 is 11.4 Å². The smallest absolute Gasteiger partial charge is 0.104 e. The molecule has 178 valence electrons. The van der Waals surface area contributed by atoms with Gasteiger partial charge in [0.25, 0.3) is 0 Å². The Morgan fingerprint density at radius 3 is 0.867 bits per heavy atom. The summed E-state index contributed by atoms with van der Waals surface area (Å²) in [4.78, 5) is 0. The second-order valence-corrected chi connectivity index (χ2v) is 8.96. The molecule has 0 heterocycles. The van der Waals surface area contributed by atoms with Gasteiger partial charge in [-0.1, -0.05) is 140 Å². The monoisotopic (exact) mass is 424 g/mol. The van der Waals surface area contributed by atoms with Gasteiger partial charge in [-0.05, 0) is 25.7 Å². The van der Waals surface area contributed by atoms with E-state index in [0.717, 1.165) is 25.7 Å². The first-order chi connectivity index (χ1) is 14.8. The maximum absolute atomic E-state index is 9.33. The minimum atomic E-state index is 0.577. The van der Waals surface area contributed by atoms with Gasteiger partial charge in [0, 0.05) is 0 Å². The van der Waals surface area contributed by atoms with Gasteiger partial charge in [0.2, 0.25) is 0 Å². The van der Waals surface area contributed by atoms with Crippen LogP contribution >= 0.6 is 0 Å². The van der Waals surface area contributed by atoms with E-state index < -0.39 is 0 Å². The summed E-state index contributed by atoms with van der Waals surface area (Å²) >= 11 is 0. The van der Waals surface area contributed by atoms with Crippen LogP contribution in [-0.4, -0.2) is 21.8 Å². The molecule has 4 heteroatoms. The summed E-state index contributed by atoms with van der Waals surface area (Å²) in [5.41, 5.74) is 1.15. The predicted molar refractivity (Wildman–Crippen MR) is 131 cm³/mol. The predicted octanol–water partition coefficient (Wildman–Crippen LogP) is 9.27. The fourth-order valence-electron chi connectivity index (χ4n) is 4.06. The summed E-state index contributed by atoms with van der Waals surface area (Å²) in [6.07, 6.45) is 27.2. The van der Waals surface area contributed by atoms with E-state index in [1.54, 1.807) is 0 Å². The van der Waals surface area contributed by atoms with E-state index in [9.17, 15) is 10.4 Å². The first kappa shape index (κ1) is 28.9. The van der Waals surface area contributed by atoms with Crippen LogP contribution in [-0.2, 0) is 0 Å². The summed E-state index contributed by atoms with van der Waals surface area (Å²) in [6.45, 7) is 4.52. The average molecular weight is 425 g/mol. The highest BCUT2D eigenvalue weighted by molar-refractivity contribution is 6.42. The topological polar surface area (TPSA) is 65.2 Å². The first-order valence-electron chi connectivity index (χ1n) is 13.2. The quantitative estimate of drug-likeness (QED) is 0.0742. The van der Waals surface area contributed by atoms with Crippen molar-refractivity contribution in [2.45, 2.75) is 155 Å². The zero-order valence-corrected chi connectivity index (χ0v) is 20.3. The molecule has 0 aliphatic rings. The molecule has 0 bridgehead atoms. The van der Waals surface area contributed by atoms with Crippen molar-refractivity contribution in [1.29, 1.82) is 0 Å². The number of hydrogen-bond acceptors (Lipinski definition) is 4. The number of oxime groups is 2. The molecule has 0 aromatic carbocycles. The lowest BCUT2D eigenvalue weighted by molar-refractivity contribution is 0.312. The molecule has 0 aliphatic carbocycles. The molecular formula is C26H52N2O2. The Bertz CT molecular complexity index is 370. The number of hydrogen-bond donors (Lipinski definition) is 2. The third kappa shape index (κ3) is 18.9. The average Bonchev–Trinajstić information content (AvgIpc) is 2.77. The van der Waals surface area contributed by atoms with Gasteiger partial charge in [-0.3, -0.25) is 0 Å². The molecule has 0 fully saturated rings. The fourth-order valence-corrected chi connectivity index (χ4v) is 4.06. The molecule has 0 aromatic heterocycles. The summed E-state index contributed by atoms with van der Waals surface area (Å²) in [5.74, 6) is 0. The Labute approximate surface area is 187 Å². The lowest BCUT2D eigenvalue weighted by Crippen LogP contribution is -2.14. The van der Waals surface area contributed by atoms with Crippen molar-refractivity contribution in [1.82, 2.24) is 0 Å². The van der Waals surface area contributed by atoms with Gasteiger partial charge < -0.3 is 10.4 Å². The standard InChI is InChI=1S/C26H52N2O2/c1-3-5-7-9-11-13-15-17-19-21-23-25(27-29)26(28-30)24-22-20-18-16-14-12-10-8-6-4-2/h29-30H,3-24H2,1-2H3. The van der Waals surface area contributed by atoms with Crippen LogP contribution < -0.4 is 0 Å². The van der Waals surface area contributed by atoms with Gasteiger partial charge in [-0.25, -0.2) is 0 Å². The molecule has 0 saturated carbocycles. The van der Waals surface area contributed by atoms with Gasteiger partial charge in [-0.2, -0.15) is 0 Å². The zero-order valence-electron chi connectivity index (χ0n) is 20.3. The van der Waals surface area contributed by atoms with Crippen LogP contribution in [0.25, 0.3) is 0 Å². The van der Waals surface area contributed by atoms with Gasteiger partial charge >= 0.3 is 0 Å². The minimum Gasteiger partial charge on any atom is -0.411 e. The largest absolute Gasteiger partial charge is 0.411 e. The number of rotatable bonds is 23. The lowest BCUT2D eigenvalue weighted by Gasteiger charge is -2.07. The van der Waals surface area contributed by atoms with Crippen molar-refractivity contribution in [2.75, 3.05) is 0 Å². The van der Waals surface area contributed by atoms with Crippen molar-refractivity contribution < 1.29 is 10.4 Å². The third-order valence-corrected chi connectivity index (χ3v) is 6.11. The van der Waals surface area contributed by atoms with Gasteiger partial charge in [0.15, 0.2) is 0 Å². The Hall–Kier alpha value is -1.06. The Morgan fingerprint density at radius 1 is 0.400 bits per heavy atom. The molecule has 4 nitrogen and oxygen atoms in total. The summed E-state index contributed by atoms with van der Waals surface area (Å²) in [5, 5.41) is 25.5. The normalized spacial score (nSPS) is 12.6. The Balaban J connectivity index is 3.67. The molecular weight excluding hydrogens is 372 g/mol. The molecule has 0 spiro atoms. The van der Waals surface area contributed by atoms with Crippen molar-refractivity contribution in [2.24, 2.45) is 10.3 Å². The molecule has 2 N–H and O–H groups in total. The van der Waals surface area contributed by atoms with E-state index in [0.29, 0.717) is 24.3 Å². The van der Waals surface area contributed by atoms with E-state index in [1.165, 1.54) is 103 Å². The number of unbranched alkanes of at least 4 members (excludes halogenated alkanes) is 18. The maximum Gasteiger partial charge on any atom is 0.104 e. The highest BCUT2D eigenvalue weighted by atomic mass is 16.4. The molecule has 0 amide bonds. The molecule has 0 saturated heterocycles. The van der Waals surface area contributed by atoms with Crippen LogP contribution in [0.5, 0.6) is 0 Å². The van der Waals surface area contributed by atoms with Crippen LogP contribution in [0.3, 0.4) is 0 Å². The van der Waals surface area contributed by atoms with Crippen LogP contribution in [0.1, 0.15) is 155 Å². The van der Waals surface area contributed by atoms with Crippen molar-refractivity contribution in [3.05, 3.63) is 0 Å². The fraction of sp³-hybridized carbons (Fsp3) is 0.923. The summed E-state index contributed by atoms with van der Waals surface area (Å²) < 4.78 is 0. The van der Waals surface area contributed by atoms with E-state index in [1.807, 2.05) is 0 Å². The molecule has 0 rings (SSSR count). The third-order valence-electron chi connectivity index (χ3n) is 6.11. The lowest BCUT2D eigenvalue weighted by atomic mass is 10.00. The van der Waals surface area contributed by atoms with E-state index >= 15 is 0 Å². The number of nitrogens with zero attached hydrogens (tertiary/aromatic N) is 2. The summed E-state index contributed by atoms with van der Waals surface area (Å²) in [7, 11) is 0. The Kier molecular flexibility index (Phi) is 23.4. The van der Waals surface area contributed by atoms with E-state index in [-0.39, 0.29) is 0 Å². The Morgan fingerprint density at radius 2 is 0.633 bits per heavy atom. The van der Waals surface area contributed by atoms with Crippen molar-refractivity contribution in [3.8, 4) is 0 Å². The molecule has 0 unspecified atom stereocenters. The van der Waals surface area contributed by atoms with Crippen LogP contribution in [0.2, 0.25) is 0 Å². The van der Waals surface area contributed by atoms with Crippen LogP contribution in [0.15, 0.2) is 10.3 Å². The zero-order chi connectivity index (χ0) is 22.1. The second-order valence-electron chi connectivity index (χ2n) is 8.96.